The Hall–Kier alpha value is -3.43. The highest BCUT2D eigenvalue weighted by Crippen LogP contribution is 2.73. The van der Waals surface area contributed by atoms with Gasteiger partial charge in [-0.05, 0) is 32.9 Å². The summed E-state index contributed by atoms with van der Waals surface area (Å²) in [5, 5.41) is 13.7. The molecule has 17 heteroatoms. The maximum absolute atomic E-state index is 16.5. The van der Waals surface area contributed by atoms with Crippen LogP contribution in [0.5, 0.6) is 5.75 Å². The van der Waals surface area contributed by atoms with Gasteiger partial charge in [0.15, 0.2) is 40.6 Å². The van der Waals surface area contributed by atoms with Gasteiger partial charge in [0.25, 0.3) is 5.85 Å². The highest BCUT2D eigenvalue weighted by atomic mass is 31.2. The fourth-order valence-corrected chi connectivity index (χ4v) is 6.53. The zero-order valence-corrected chi connectivity index (χ0v) is 23.7. The predicted octanol–water partition coefficient (Wildman–Crippen LogP) is 2.26. The molecule has 4 N–H and O–H groups in total. The van der Waals surface area contributed by atoms with E-state index in [4.69, 9.17) is 24.3 Å². The number of hydrogen-bond acceptors (Lipinski definition) is 12. The van der Waals surface area contributed by atoms with Gasteiger partial charge in [-0.3, -0.25) is 13.9 Å². The molecule has 3 aromatic rings. The number of alkyl halides is 2. The van der Waals surface area contributed by atoms with Gasteiger partial charge in [-0.1, -0.05) is 18.2 Å². The van der Waals surface area contributed by atoms with Crippen molar-refractivity contribution in [1.29, 1.82) is 0 Å². The number of ether oxygens (including phenoxy) is 2. The van der Waals surface area contributed by atoms with Crippen molar-refractivity contribution >= 4 is 36.6 Å². The van der Waals surface area contributed by atoms with E-state index in [1.807, 2.05) is 0 Å². The number of carbonyl (C=O) groups is 1. The van der Waals surface area contributed by atoms with Crippen LogP contribution in [-0.2, 0) is 23.4 Å². The number of nitrogens with one attached hydrogen (secondary N) is 1. The first kappa shape index (κ1) is 29.1. The number of halogens is 2. The highest BCUT2D eigenvalue weighted by Gasteiger charge is 2.96. The summed E-state index contributed by atoms with van der Waals surface area (Å²) in [7, 11) is -1.29. The van der Waals surface area contributed by atoms with E-state index in [0.29, 0.717) is 5.82 Å². The first-order chi connectivity index (χ1) is 19.2. The molecule has 1 unspecified atom stereocenters. The first-order valence-corrected chi connectivity index (χ1v) is 14.2. The minimum Gasteiger partial charge on any atom is -0.465 e. The number of nitrogens with zero attached hydrogens (tertiary/aromatic N) is 5. The summed E-state index contributed by atoms with van der Waals surface area (Å²) >= 11 is 0. The third kappa shape index (κ3) is 4.50. The van der Waals surface area contributed by atoms with Crippen molar-refractivity contribution in [2.45, 2.75) is 56.3 Å². The molecule has 0 bridgehead atoms. The smallest absolute Gasteiger partial charge is 0.460 e. The number of anilines is 2. The summed E-state index contributed by atoms with van der Waals surface area (Å²) in [5.74, 6) is -3.76. The number of para-hydroxylation sites is 1. The summed E-state index contributed by atoms with van der Waals surface area (Å²) < 4.78 is 68.9. The number of nitrogen functional groups attached to an aromatic ring is 1. The van der Waals surface area contributed by atoms with Gasteiger partial charge in [-0.2, -0.15) is 15.1 Å². The predicted molar refractivity (Wildman–Crippen MR) is 141 cm³/mol. The van der Waals surface area contributed by atoms with E-state index in [0.717, 1.165) is 17.8 Å². The zero-order valence-electron chi connectivity index (χ0n) is 22.8. The Morgan fingerprint density at radius 1 is 1.32 bits per heavy atom. The average molecular weight is 598 g/mol. The van der Waals surface area contributed by atoms with E-state index in [9.17, 15) is 14.5 Å². The lowest BCUT2D eigenvalue weighted by atomic mass is 9.97. The van der Waals surface area contributed by atoms with Crippen molar-refractivity contribution in [2.75, 3.05) is 31.3 Å². The van der Waals surface area contributed by atoms with Crippen molar-refractivity contribution in [3.63, 3.8) is 0 Å². The lowest BCUT2D eigenvalue weighted by molar-refractivity contribution is -0.156. The molecular weight excluding hydrogens is 567 g/mol. The molecule has 0 radical (unpaired) electrons. The Kier molecular flexibility index (Phi) is 6.98. The fourth-order valence-electron chi connectivity index (χ4n) is 4.83. The zero-order chi connectivity index (χ0) is 30.0. The number of aliphatic hydroxyl groups is 1. The summed E-state index contributed by atoms with van der Waals surface area (Å²) in [5.41, 5.74) is 0.253. The number of aromatic nitrogens is 4. The molecule has 2 aliphatic rings. The van der Waals surface area contributed by atoms with Gasteiger partial charge in [0.1, 0.15) is 11.8 Å². The molecule has 222 valence electrons. The topological polar surface area (TPSA) is 176 Å². The van der Waals surface area contributed by atoms with Crippen molar-refractivity contribution in [1.82, 2.24) is 24.6 Å². The van der Waals surface area contributed by atoms with E-state index < -0.39 is 49.2 Å². The number of rotatable bonds is 10. The number of nitrogens with two attached hydrogens (primary N) is 1. The number of carbonyl (C=O) groups excluding carboxylic acids is 1. The lowest BCUT2D eigenvalue weighted by Gasteiger charge is -2.31. The maximum Gasteiger partial charge on any atom is 0.460 e. The molecule has 2 aromatic heterocycles. The van der Waals surface area contributed by atoms with Crippen LogP contribution < -0.4 is 20.2 Å². The van der Waals surface area contributed by atoms with E-state index in [1.165, 1.54) is 19.1 Å². The Morgan fingerprint density at radius 2 is 2.00 bits per heavy atom. The summed E-state index contributed by atoms with van der Waals surface area (Å²) in [6.07, 6.45) is -2.75. The summed E-state index contributed by atoms with van der Waals surface area (Å²) in [6.45, 7) is 3.84. The van der Waals surface area contributed by atoms with E-state index in [-0.39, 0.29) is 29.5 Å². The normalized spacial score (nSPS) is 30.8. The minimum atomic E-state index is -4.67. The highest BCUT2D eigenvalue weighted by molar-refractivity contribution is 7.52. The van der Waals surface area contributed by atoms with Crippen LogP contribution in [0.15, 0.2) is 36.7 Å². The second-order valence-corrected chi connectivity index (χ2v) is 11.7. The van der Waals surface area contributed by atoms with Crippen LogP contribution in [0.3, 0.4) is 0 Å². The summed E-state index contributed by atoms with van der Waals surface area (Å²) in [4.78, 5) is 26.3. The fraction of sp³-hybridized carbons (Fsp3) is 0.500. The molecule has 1 saturated heterocycles. The molecule has 0 spiro atoms. The van der Waals surface area contributed by atoms with Crippen LogP contribution in [0, 0.1) is 0 Å². The Morgan fingerprint density at radius 3 is 2.59 bits per heavy atom. The van der Waals surface area contributed by atoms with Gasteiger partial charge < -0.3 is 29.7 Å². The largest absolute Gasteiger partial charge is 0.465 e. The number of hydrogen-bond donors (Lipinski definition) is 3. The third-order valence-corrected chi connectivity index (χ3v) is 8.59. The van der Waals surface area contributed by atoms with E-state index in [2.05, 4.69) is 20.0 Å². The van der Waals surface area contributed by atoms with Crippen LogP contribution in [0.2, 0.25) is 0 Å². The first-order valence-electron chi connectivity index (χ1n) is 12.6. The molecule has 41 heavy (non-hydrogen) atoms. The monoisotopic (exact) mass is 597 g/mol. The third-order valence-electron chi connectivity index (χ3n) is 6.95. The molecule has 2 fully saturated rings. The van der Waals surface area contributed by atoms with Gasteiger partial charge in [0, 0.05) is 14.1 Å². The van der Waals surface area contributed by atoms with Crippen LogP contribution in [0.4, 0.5) is 20.5 Å². The van der Waals surface area contributed by atoms with Crippen LogP contribution in [0.1, 0.15) is 27.0 Å². The second-order valence-electron chi connectivity index (χ2n) is 10.1. The molecule has 14 nitrogen and oxygen atoms in total. The van der Waals surface area contributed by atoms with Crippen LogP contribution >= 0.6 is 7.75 Å². The number of esters is 1. The molecule has 1 aliphatic heterocycles. The quantitative estimate of drug-likeness (QED) is 0.229. The number of imidazole rings is 1. The molecule has 0 amide bonds. The second kappa shape index (κ2) is 9.84. The Balaban J connectivity index is 1.46. The van der Waals surface area contributed by atoms with Gasteiger partial charge in [-0.25, -0.2) is 18.3 Å². The molecule has 1 aromatic carbocycles. The minimum absolute atomic E-state index is 0.0315. The molecule has 3 heterocycles. The summed E-state index contributed by atoms with van der Waals surface area (Å²) in [6, 6.07) is 6.44. The van der Waals surface area contributed by atoms with Gasteiger partial charge in [0.05, 0.1) is 12.9 Å². The Bertz CT molecular complexity index is 1530. The molecule has 5 rings (SSSR count). The average Bonchev–Trinajstić information content (AvgIpc) is 3.15. The van der Waals surface area contributed by atoms with Crippen molar-refractivity contribution in [3.05, 3.63) is 36.7 Å². The maximum atomic E-state index is 16.5. The molecule has 7 atom stereocenters. The SMILES string of the molecule is CCOC(=O)[C@H](C)N[P@](=O)(Oc1ccccc1)OC1[C@]2(O)[C@@](C)(F)[C@H](n3cnc4c(N(C)C)nc(N)nc43)O[C@]12F. The van der Waals surface area contributed by atoms with Gasteiger partial charge >= 0.3 is 13.7 Å². The van der Waals surface area contributed by atoms with E-state index >= 15 is 8.78 Å². The number of benzene rings is 1. The number of fused-ring (bicyclic) bond motifs is 2. The Labute approximate surface area is 233 Å². The molecule has 1 saturated carbocycles. The standard InChI is InChI=1S/C24H30F2N7O7P/c1-6-37-18(34)13(2)31-41(36,39-14-10-8-7-9-11-14)40-19-23(35)22(3,25)20(38-24(19,23)26)33-12-28-15-16(32(4)5)29-21(27)30-17(15)33/h7-13,19-20,35H,6H2,1-5H3,(H,31,36)(H2,27,29,30)/t13-,19?,20+,22-,23-,24+,41-/m0/s1. The van der Waals surface area contributed by atoms with Crippen LogP contribution in [-0.4, -0.2) is 80.6 Å². The van der Waals surface area contributed by atoms with Crippen molar-refractivity contribution in [2.24, 2.45) is 0 Å². The van der Waals surface area contributed by atoms with Gasteiger partial charge in [-0.15, -0.1) is 0 Å². The molecular formula is C24H30F2N7O7P. The van der Waals surface area contributed by atoms with Gasteiger partial charge in [0.2, 0.25) is 5.95 Å². The lowest BCUT2D eigenvalue weighted by Crippen LogP contribution is -2.45. The van der Waals surface area contributed by atoms with E-state index in [1.54, 1.807) is 44.1 Å². The molecule has 1 aliphatic carbocycles. The van der Waals surface area contributed by atoms with Crippen molar-refractivity contribution < 1.29 is 41.8 Å². The van der Waals surface area contributed by atoms with Crippen molar-refractivity contribution in [3.8, 4) is 5.75 Å². The van der Waals surface area contributed by atoms with Crippen LogP contribution in [0.25, 0.3) is 11.2 Å².